The molecule has 1 atom stereocenters. The van der Waals surface area contributed by atoms with Crippen molar-refractivity contribution in [3.8, 4) is 5.75 Å². The third-order valence-electron chi connectivity index (χ3n) is 6.41. The predicted molar refractivity (Wildman–Crippen MR) is 169 cm³/mol. The molecule has 2 aromatic carbocycles. The maximum absolute atomic E-state index is 13.6. The summed E-state index contributed by atoms with van der Waals surface area (Å²) < 4.78 is 18.3. The molecule has 0 aliphatic carbocycles. The number of ether oxygens (including phenoxy) is 2. The maximum Gasteiger partial charge on any atom is 0.348 e. The monoisotopic (exact) mass is 775 g/mol. The number of benzene rings is 2. The molecule has 0 spiro atoms. The SMILES string of the molecule is COc1c(I)cc(C[C@H](Nc2nc3ccc(NC(=O)CN(C)C)c(C)c3c(=O)o2)C(=O)N2CCOCC2)cc1I. The number of likely N-dealkylation sites (N-methyl/N-ethyl adjacent to an activating group) is 1. The number of amides is 2. The van der Waals surface area contributed by atoms with Gasteiger partial charge in [-0.1, -0.05) is 0 Å². The molecule has 2 amide bonds. The van der Waals surface area contributed by atoms with E-state index in [0.29, 0.717) is 49.5 Å². The summed E-state index contributed by atoms with van der Waals surface area (Å²) in [4.78, 5) is 47.0. The Bertz CT molecular complexity index is 1450. The number of nitrogens with one attached hydrogen (secondary N) is 2. The van der Waals surface area contributed by atoms with Crippen LogP contribution in [0.3, 0.4) is 0 Å². The largest absolute Gasteiger partial charge is 0.495 e. The minimum atomic E-state index is -0.739. The molecule has 1 aliphatic heterocycles. The quantitative estimate of drug-likeness (QED) is 0.316. The van der Waals surface area contributed by atoms with E-state index in [1.54, 1.807) is 50.1 Å². The number of aromatic nitrogens is 1. The molecule has 214 valence electrons. The van der Waals surface area contributed by atoms with Crippen LogP contribution < -0.4 is 21.0 Å². The lowest BCUT2D eigenvalue weighted by atomic mass is 10.0. The number of anilines is 2. The standard InChI is InChI=1S/C27H31I2N5O6/c1-15-19(30-22(35)14-33(2)3)5-6-20-23(15)26(37)40-27(31-20)32-21(25(36)34-7-9-39-10-8-34)13-16-11-17(28)24(38-4)18(29)12-16/h5-6,11-12,21H,7-10,13-14H2,1-4H3,(H,30,35)(H,31,32)/t21-/m0/s1. The minimum Gasteiger partial charge on any atom is -0.495 e. The maximum atomic E-state index is 13.6. The number of halogens is 2. The van der Waals surface area contributed by atoms with Gasteiger partial charge in [0.2, 0.25) is 11.8 Å². The molecule has 0 saturated carbocycles. The van der Waals surface area contributed by atoms with Gasteiger partial charge in [-0.05, 0) is 102 Å². The van der Waals surface area contributed by atoms with Crippen molar-refractivity contribution in [2.24, 2.45) is 0 Å². The highest BCUT2D eigenvalue weighted by molar-refractivity contribution is 14.1. The molecule has 0 unspecified atom stereocenters. The summed E-state index contributed by atoms with van der Waals surface area (Å²) in [5.41, 5.74) is 1.78. The van der Waals surface area contributed by atoms with Crippen LogP contribution in [0.2, 0.25) is 0 Å². The summed E-state index contributed by atoms with van der Waals surface area (Å²) in [6.07, 6.45) is 0.339. The second kappa shape index (κ2) is 13.4. The van der Waals surface area contributed by atoms with Crippen LogP contribution in [-0.2, 0) is 20.7 Å². The molecule has 0 bridgehead atoms. The summed E-state index contributed by atoms with van der Waals surface area (Å²) in [6.45, 7) is 3.82. The fraction of sp³-hybridized carbons (Fsp3) is 0.407. The first-order valence-electron chi connectivity index (χ1n) is 12.6. The Labute approximate surface area is 259 Å². The van der Waals surface area contributed by atoms with Gasteiger partial charge in [0.05, 0.1) is 44.9 Å². The van der Waals surface area contributed by atoms with E-state index >= 15 is 0 Å². The van der Waals surface area contributed by atoms with Crippen LogP contribution in [0.5, 0.6) is 5.75 Å². The topological polar surface area (TPSA) is 126 Å². The third kappa shape index (κ3) is 7.22. The number of methoxy groups -OCH3 is 1. The van der Waals surface area contributed by atoms with Crippen molar-refractivity contribution >= 4 is 79.6 Å². The highest BCUT2D eigenvalue weighted by Gasteiger charge is 2.28. The number of fused-ring (bicyclic) bond motifs is 1. The van der Waals surface area contributed by atoms with Gasteiger partial charge in [0.1, 0.15) is 11.8 Å². The van der Waals surface area contributed by atoms with Crippen LogP contribution in [0, 0.1) is 14.1 Å². The molecular weight excluding hydrogens is 744 g/mol. The minimum absolute atomic E-state index is 0.0502. The third-order valence-corrected chi connectivity index (χ3v) is 8.02. The van der Waals surface area contributed by atoms with Gasteiger partial charge >= 0.3 is 5.63 Å². The number of rotatable bonds is 9. The van der Waals surface area contributed by atoms with E-state index in [-0.39, 0.29) is 29.8 Å². The van der Waals surface area contributed by atoms with E-state index < -0.39 is 11.7 Å². The van der Waals surface area contributed by atoms with Gasteiger partial charge in [0, 0.05) is 25.2 Å². The second-order valence-corrected chi connectivity index (χ2v) is 12.0. The normalized spacial score (nSPS) is 14.3. The molecule has 1 saturated heterocycles. The first-order valence-corrected chi connectivity index (χ1v) is 14.8. The van der Waals surface area contributed by atoms with Crippen LogP contribution in [-0.4, -0.2) is 86.7 Å². The Balaban J connectivity index is 1.65. The molecule has 3 aromatic rings. The molecule has 2 heterocycles. The zero-order valence-electron chi connectivity index (χ0n) is 22.7. The van der Waals surface area contributed by atoms with Crippen LogP contribution in [0.1, 0.15) is 11.1 Å². The molecule has 13 heteroatoms. The van der Waals surface area contributed by atoms with Crippen LogP contribution >= 0.6 is 45.2 Å². The van der Waals surface area contributed by atoms with Crippen LogP contribution in [0.15, 0.2) is 33.5 Å². The van der Waals surface area contributed by atoms with Crippen molar-refractivity contribution in [2.75, 3.05) is 64.7 Å². The van der Waals surface area contributed by atoms with Crippen LogP contribution in [0.25, 0.3) is 10.9 Å². The van der Waals surface area contributed by atoms with Crippen molar-refractivity contribution in [1.29, 1.82) is 0 Å². The summed E-state index contributed by atoms with van der Waals surface area (Å²) in [5, 5.41) is 6.19. The number of carbonyl (C=O) groups excluding carboxylic acids is 2. The molecule has 1 aromatic heterocycles. The van der Waals surface area contributed by atoms with Crippen molar-refractivity contribution in [2.45, 2.75) is 19.4 Å². The average Bonchev–Trinajstić information content (AvgIpc) is 2.89. The van der Waals surface area contributed by atoms with Crippen molar-refractivity contribution in [3.05, 3.63) is 53.0 Å². The van der Waals surface area contributed by atoms with Gasteiger partial charge in [0.15, 0.2) is 0 Å². The zero-order valence-corrected chi connectivity index (χ0v) is 27.0. The van der Waals surface area contributed by atoms with Gasteiger partial charge in [0.25, 0.3) is 6.01 Å². The molecule has 1 aliphatic rings. The van der Waals surface area contributed by atoms with E-state index in [0.717, 1.165) is 18.5 Å². The Hall–Kier alpha value is -2.50. The van der Waals surface area contributed by atoms with Crippen molar-refractivity contribution < 1.29 is 23.5 Å². The van der Waals surface area contributed by atoms with Crippen LogP contribution in [0.4, 0.5) is 11.7 Å². The fourth-order valence-electron chi connectivity index (χ4n) is 4.51. The lowest BCUT2D eigenvalue weighted by Crippen LogP contribution is -2.49. The average molecular weight is 775 g/mol. The molecule has 0 radical (unpaired) electrons. The summed E-state index contributed by atoms with van der Waals surface area (Å²) >= 11 is 4.42. The van der Waals surface area contributed by atoms with E-state index in [4.69, 9.17) is 13.9 Å². The zero-order chi connectivity index (χ0) is 29.0. The number of hydrogen-bond acceptors (Lipinski definition) is 9. The summed E-state index contributed by atoms with van der Waals surface area (Å²) in [6, 6.07) is 6.52. The number of hydrogen-bond donors (Lipinski definition) is 2. The number of aryl methyl sites for hydroxylation is 1. The molecular formula is C27H31I2N5O6. The second-order valence-electron chi connectivity index (χ2n) is 9.66. The van der Waals surface area contributed by atoms with Crippen molar-refractivity contribution in [3.63, 3.8) is 0 Å². The van der Waals surface area contributed by atoms with Gasteiger partial charge in [-0.2, -0.15) is 4.98 Å². The number of morpholine rings is 1. The first-order chi connectivity index (χ1) is 19.1. The Morgan fingerprint density at radius 2 is 1.85 bits per heavy atom. The lowest BCUT2D eigenvalue weighted by Gasteiger charge is -2.30. The molecule has 40 heavy (non-hydrogen) atoms. The van der Waals surface area contributed by atoms with E-state index in [1.165, 1.54) is 0 Å². The van der Waals surface area contributed by atoms with Gasteiger partial charge < -0.3 is 34.3 Å². The molecule has 2 N–H and O–H groups in total. The Morgan fingerprint density at radius 3 is 2.48 bits per heavy atom. The lowest BCUT2D eigenvalue weighted by molar-refractivity contribution is -0.136. The highest BCUT2D eigenvalue weighted by Crippen LogP contribution is 2.30. The van der Waals surface area contributed by atoms with Gasteiger partial charge in [-0.3, -0.25) is 9.59 Å². The summed E-state index contributed by atoms with van der Waals surface area (Å²) in [5.74, 6) is 0.447. The van der Waals surface area contributed by atoms with Crippen molar-refractivity contribution in [1.82, 2.24) is 14.8 Å². The van der Waals surface area contributed by atoms with Gasteiger partial charge in [-0.25, -0.2) is 4.79 Å². The molecule has 1 fully saturated rings. The Morgan fingerprint density at radius 1 is 1.18 bits per heavy atom. The van der Waals surface area contributed by atoms with E-state index in [2.05, 4.69) is 60.8 Å². The summed E-state index contributed by atoms with van der Waals surface area (Å²) in [7, 11) is 5.22. The molecule has 11 nitrogen and oxygen atoms in total. The number of nitrogens with zero attached hydrogens (tertiary/aromatic N) is 3. The van der Waals surface area contributed by atoms with Gasteiger partial charge in [-0.15, -0.1) is 0 Å². The van der Waals surface area contributed by atoms with E-state index in [1.807, 2.05) is 12.1 Å². The smallest absolute Gasteiger partial charge is 0.348 e. The number of carbonyl (C=O) groups is 2. The first kappa shape index (κ1) is 30.5. The Kier molecular flexibility index (Phi) is 10.2. The molecule has 4 rings (SSSR count). The highest BCUT2D eigenvalue weighted by atomic mass is 127. The predicted octanol–water partition coefficient (Wildman–Crippen LogP) is 3.10. The van der Waals surface area contributed by atoms with E-state index in [9.17, 15) is 14.4 Å². The fourth-order valence-corrected chi connectivity index (χ4v) is 6.85.